The Balaban J connectivity index is 1.31. The van der Waals surface area contributed by atoms with Crippen LogP contribution in [-0.2, 0) is 14.3 Å². The van der Waals surface area contributed by atoms with Crippen LogP contribution in [0.4, 0.5) is 4.79 Å². The summed E-state index contributed by atoms with van der Waals surface area (Å²) >= 11 is 0. The monoisotopic (exact) mass is 450 g/mol. The molecule has 1 aliphatic heterocycles. The first kappa shape index (κ1) is 22.8. The zero-order chi connectivity index (χ0) is 23.6. The molecule has 2 atom stereocenters. The Bertz CT molecular complexity index is 1020. The van der Waals surface area contributed by atoms with Crippen LogP contribution in [0, 0.1) is 5.41 Å². The highest BCUT2D eigenvalue weighted by molar-refractivity contribution is 5.81. The number of amides is 2. The Morgan fingerprint density at radius 2 is 1.73 bits per heavy atom. The first-order valence-electron chi connectivity index (χ1n) is 11.4. The van der Waals surface area contributed by atoms with Crippen molar-refractivity contribution in [2.75, 3.05) is 19.7 Å². The van der Waals surface area contributed by atoms with Gasteiger partial charge in [0.05, 0.1) is 5.41 Å². The van der Waals surface area contributed by atoms with Crippen molar-refractivity contribution >= 4 is 18.0 Å². The summed E-state index contributed by atoms with van der Waals surface area (Å²) in [6.45, 7) is 4.37. The van der Waals surface area contributed by atoms with Crippen molar-refractivity contribution in [1.29, 1.82) is 0 Å². The quantitative estimate of drug-likeness (QED) is 0.693. The molecule has 7 nitrogen and oxygen atoms in total. The summed E-state index contributed by atoms with van der Waals surface area (Å²) in [5.74, 6) is -1.07. The first-order valence-corrected chi connectivity index (χ1v) is 11.4. The molecule has 0 bridgehead atoms. The number of hydrogen-bond donors (Lipinski definition) is 2. The number of likely N-dealkylation sites (tertiary alicyclic amines) is 1. The Morgan fingerprint density at radius 1 is 1.12 bits per heavy atom. The molecule has 0 spiro atoms. The van der Waals surface area contributed by atoms with Crippen LogP contribution in [0.3, 0.4) is 0 Å². The molecule has 0 radical (unpaired) electrons. The predicted octanol–water partition coefficient (Wildman–Crippen LogP) is 4.02. The van der Waals surface area contributed by atoms with Gasteiger partial charge in [0.25, 0.3) is 0 Å². The summed E-state index contributed by atoms with van der Waals surface area (Å²) in [7, 11) is 0. The number of nitrogens with one attached hydrogen (secondary N) is 1. The second-order valence-corrected chi connectivity index (χ2v) is 9.36. The van der Waals surface area contributed by atoms with Crippen LogP contribution >= 0.6 is 0 Å². The smallest absolute Gasteiger partial charge is 0.407 e. The van der Waals surface area contributed by atoms with Crippen molar-refractivity contribution in [2.45, 2.75) is 45.1 Å². The summed E-state index contributed by atoms with van der Waals surface area (Å²) in [6.07, 6.45) is 0.744. The number of benzene rings is 2. The molecule has 1 fully saturated rings. The van der Waals surface area contributed by atoms with E-state index in [-0.39, 0.29) is 31.4 Å². The van der Waals surface area contributed by atoms with Gasteiger partial charge in [-0.1, -0.05) is 48.5 Å². The van der Waals surface area contributed by atoms with Crippen LogP contribution < -0.4 is 5.32 Å². The number of fused-ring (bicyclic) bond motifs is 3. The van der Waals surface area contributed by atoms with E-state index in [0.717, 1.165) is 22.3 Å². The molecular formula is C26H30N2O5. The summed E-state index contributed by atoms with van der Waals surface area (Å²) in [6, 6.07) is 15.8. The van der Waals surface area contributed by atoms with Gasteiger partial charge in [0.2, 0.25) is 5.91 Å². The Hall–Kier alpha value is -3.35. The number of ether oxygens (including phenoxy) is 1. The standard InChI is InChI=1S/C26H30N2O5/c1-17(14-23(29)28-13-7-12-26(2,16-28)24(30)31)27-25(32)33-15-22-20-10-5-3-8-18(20)19-9-4-6-11-21(19)22/h3-6,8-11,17,22H,7,12-16H2,1-2H3,(H,27,32)(H,30,31)/t17-,26?/m0/s1. The largest absolute Gasteiger partial charge is 0.481 e. The third-order valence-electron chi connectivity index (χ3n) is 6.75. The summed E-state index contributed by atoms with van der Waals surface area (Å²) in [5.41, 5.74) is 3.69. The van der Waals surface area contributed by atoms with Gasteiger partial charge in [-0.3, -0.25) is 9.59 Å². The molecule has 2 aromatic rings. The molecule has 1 saturated heterocycles. The maximum atomic E-state index is 12.7. The second kappa shape index (κ2) is 9.25. The molecular weight excluding hydrogens is 420 g/mol. The number of piperidine rings is 1. The fraction of sp³-hybridized carbons (Fsp3) is 0.423. The predicted molar refractivity (Wildman–Crippen MR) is 124 cm³/mol. The van der Waals surface area contributed by atoms with E-state index in [9.17, 15) is 19.5 Å². The van der Waals surface area contributed by atoms with Gasteiger partial charge in [-0.15, -0.1) is 0 Å². The molecule has 2 N–H and O–H groups in total. The maximum Gasteiger partial charge on any atom is 0.407 e. The Kier molecular flexibility index (Phi) is 6.40. The van der Waals surface area contributed by atoms with Gasteiger partial charge in [-0.2, -0.15) is 0 Å². The van der Waals surface area contributed by atoms with E-state index < -0.39 is 23.5 Å². The SMILES string of the molecule is C[C@@H](CC(=O)N1CCCC(C)(C(=O)O)C1)NC(=O)OCC1c2ccccc2-c2ccccc21. The summed E-state index contributed by atoms with van der Waals surface area (Å²) in [5, 5.41) is 12.2. The first-order chi connectivity index (χ1) is 15.8. The number of hydrogen-bond acceptors (Lipinski definition) is 4. The summed E-state index contributed by atoms with van der Waals surface area (Å²) < 4.78 is 5.55. The molecule has 1 heterocycles. The van der Waals surface area contributed by atoms with E-state index in [2.05, 4.69) is 29.6 Å². The van der Waals surface area contributed by atoms with E-state index in [1.807, 2.05) is 24.3 Å². The normalized spacial score (nSPS) is 20.5. The lowest BCUT2D eigenvalue weighted by atomic mass is 9.82. The van der Waals surface area contributed by atoms with E-state index in [1.165, 1.54) is 0 Å². The molecule has 2 aliphatic rings. The van der Waals surface area contributed by atoms with Gasteiger partial charge in [0.15, 0.2) is 0 Å². The van der Waals surface area contributed by atoms with Crippen molar-refractivity contribution in [1.82, 2.24) is 10.2 Å². The molecule has 2 aromatic carbocycles. The van der Waals surface area contributed by atoms with E-state index in [1.54, 1.807) is 18.7 Å². The van der Waals surface area contributed by atoms with Gasteiger partial charge in [0, 0.05) is 31.5 Å². The van der Waals surface area contributed by atoms with Crippen LogP contribution in [0.15, 0.2) is 48.5 Å². The number of carbonyl (C=O) groups is 3. The number of carboxylic acid groups (broad SMARTS) is 1. The highest BCUT2D eigenvalue weighted by Crippen LogP contribution is 2.44. The third kappa shape index (κ3) is 4.72. The van der Waals surface area contributed by atoms with Crippen LogP contribution in [0.25, 0.3) is 11.1 Å². The molecule has 0 aromatic heterocycles. The van der Waals surface area contributed by atoms with Gasteiger partial charge in [0.1, 0.15) is 6.61 Å². The number of carboxylic acids is 1. The summed E-state index contributed by atoms with van der Waals surface area (Å²) in [4.78, 5) is 38.3. The number of nitrogens with zero attached hydrogens (tertiary/aromatic N) is 1. The average molecular weight is 451 g/mol. The number of aliphatic carboxylic acids is 1. The van der Waals surface area contributed by atoms with Gasteiger partial charge < -0.3 is 20.1 Å². The Labute approximate surface area is 193 Å². The highest BCUT2D eigenvalue weighted by Gasteiger charge is 2.39. The van der Waals surface area contributed by atoms with Gasteiger partial charge in [-0.25, -0.2) is 4.79 Å². The van der Waals surface area contributed by atoms with Crippen molar-refractivity contribution in [2.24, 2.45) is 5.41 Å². The fourth-order valence-electron chi connectivity index (χ4n) is 4.91. The number of carbonyl (C=O) groups excluding carboxylic acids is 2. The van der Waals surface area contributed by atoms with E-state index in [4.69, 9.17) is 4.74 Å². The third-order valence-corrected chi connectivity index (χ3v) is 6.75. The van der Waals surface area contributed by atoms with Crippen LogP contribution in [-0.4, -0.2) is 53.7 Å². The molecule has 0 saturated carbocycles. The minimum atomic E-state index is -0.919. The lowest BCUT2D eigenvalue weighted by molar-refractivity contribution is -0.153. The zero-order valence-electron chi connectivity index (χ0n) is 19.0. The van der Waals surface area contributed by atoms with E-state index >= 15 is 0 Å². The van der Waals surface area contributed by atoms with Gasteiger partial charge in [-0.05, 0) is 48.9 Å². The highest BCUT2D eigenvalue weighted by atomic mass is 16.5. The lowest BCUT2D eigenvalue weighted by Crippen LogP contribution is -2.49. The number of rotatable bonds is 6. The molecule has 174 valence electrons. The molecule has 7 heteroatoms. The topological polar surface area (TPSA) is 95.9 Å². The van der Waals surface area contributed by atoms with Crippen LogP contribution in [0.1, 0.15) is 50.2 Å². The fourth-order valence-corrected chi connectivity index (χ4v) is 4.91. The molecule has 1 aliphatic carbocycles. The minimum absolute atomic E-state index is 0.0258. The lowest BCUT2D eigenvalue weighted by Gasteiger charge is -2.38. The van der Waals surface area contributed by atoms with Crippen molar-refractivity contribution in [3.05, 3.63) is 59.7 Å². The average Bonchev–Trinajstić information content (AvgIpc) is 3.11. The minimum Gasteiger partial charge on any atom is -0.481 e. The Morgan fingerprint density at radius 3 is 2.33 bits per heavy atom. The van der Waals surface area contributed by atoms with Crippen molar-refractivity contribution in [3.63, 3.8) is 0 Å². The van der Waals surface area contributed by atoms with E-state index in [0.29, 0.717) is 19.4 Å². The van der Waals surface area contributed by atoms with Crippen molar-refractivity contribution < 1.29 is 24.2 Å². The van der Waals surface area contributed by atoms with Crippen molar-refractivity contribution in [3.8, 4) is 11.1 Å². The molecule has 1 unspecified atom stereocenters. The molecule has 33 heavy (non-hydrogen) atoms. The van der Waals surface area contributed by atoms with Gasteiger partial charge >= 0.3 is 12.1 Å². The maximum absolute atomic E-state index is 12.7. The molecule has 4 rings (SSSR count). The number of alkyl carbamates (subject to hydrolysis) is 1. The zero-order valence-corrected chi connectivity index (χ0v) is 19.0. The second-order valence-electron chi connectivity index (χ2n) is 9.36. The van der Waals surface area contributed by atoms with Crippen LogP contribution in [0.2, 0.25) is 0 Å². The van der Waals surface area contributed by atoms with Crippen LogP contribution in [0.5, 0.6) is 0 Å². The molecule has 2 amide bonds.